The van der Waals surface area contributed by atoms with Gasteiger partial charge in [0, 0.05) is 12.8 Å². The number of ether oxygens (including phenoxy) is 1. The van der Waals surface area contributed by atoms with Crippen molar-refractivity contribution in [2.75, 3.05) is 13.7 Å². The lowest BCUT2D eigenvalue weighted by molar-refractivity contribution is -0.148. The summed E-state index contributed by atoms with van der Waals surface area (Å²) >= 11 is 0. The Kier molecular flexibility index (Phi) is 4.65. The van der Waals surface area contributed by atoms with Crippen LogP contribution in [0.25, 0.3) is 0 Å². The number of alkyl halides is 2. The summed E-state index contributed by atoms with van der Waals surface area (Å²) in [6, 6.07) is -0.448. The van der Waals surface area contributed by atoms with Crippen molar-refractivity contribution in [1.29, 1.82) is 0 Å². The minimum atomic E-state index is -2.55. The van der Waals surface area contributed by atoms with Crippen LogP contribution in [0.2, 0.25) is 0 Å². The third-order valence-corrected chi connectivity index (χ3v) is 3.08. The van der Waals surface area contributed by atoms with Crippen LogP contribution in [0, 0.1) is 5.92 Å². The SMILES string of the molecule is CCOC(=O)C(NC)C1CCC(F)(F)CC1. The van der Waals surface area contributed by atoms with Crippen LogP contribution in [0.15, 0.2) is 0 Å². The molecule has 0 aromatic carbocycles. The molecule has 0 aliphatic heterocycles. The van der Waals surface area contributed by atoms with Gasteiger partial charge in [0.2, 0.25) is 5.92 Å². The first kappa shape index (κ1) is 13.4. The summed E-state index contributed by atoms with van der Waals surface area (Å²) in [4.78, 5) is 11.6. The number of hydrogen-bond donors (Lipinski definition) is 1. The van der Waals surface area contributed by atoms with Crippen LogP contribution in [0.3, 0.4) is 0 Å². The lowest BCUT2D eigenvalue weighted by Crippen LogP contribution is -2.44. The Morgan fingerprint density at radius 3 is 2.50 bits per heavy atom. The summed E-state index contributed by atoms with van der Waals surface area (Å²) in [5.74, 6) is -2.92. The fraction of sp³-hybridized carbons (Fsp3) is 0.909. The Bertz CT molecular complexity index is 236. The molecule has 1 atom stereocenters. The van der Waals surface area contributed by atoms with Gasteiger partial charge in [-0.05, 0) is 32.7 Å². The molecule has 0 bridgehead atoms. The molecule has 1 aliphatic rings. The Labute approximate surface area is 94.5 Å². The molecular formula is C11H19F2NO2. The van der Waals surface area contributed by atoms with Crippen molar-refractivity contribution in [3.63, 3.8) is 0 Å². The topological polar surface area (TPSA) is 38.3 Å². The average Bonchev–Trinajstić information content (AvgIpc) is 2.22. The average molecular weight is 235 g/mol. The largest absolute Gasteiger partial charge is 0.465 e. The molecule has 0 saturated heterocycles. The molecule has 0 aromatic rings. The van der Waals surface area contributed by atoms with Gasteiger partial charge in [-0.1, -0.05) is 0 Å². The molecule has 1 fully saturated rings. The van der Waals surface area contributed by atoms with Crippen LogP contribution in [0.4, 0.5) is 8.78 Å². The van der Waals surface area contributed by atoms with E-state index in [-0.39, 0.29) is 24.7 Å². The van der Waals surface area contributed by atoms with Gasteiger partial charge in [0.15, 0.2) is 0 Å². The van der Waals surface area contributed by atoms with E-state index >= 15 is 0 Å². The summed E-state index contributed by atoms with van der Waals surface area (Å²) in [5.41, 5.74) is 0. The van der Waals surface area contributed by atoms with Crippen LogP contribution in [-0.4, -0.2) is 31.6 Å². The normalized spacial score (nSPS) is 22.8. The van der Waals surface area contributed by atoms with Gasteiger partial charge < -0.3 is 10.1 Å². The third-order valence-electron chi connectivity index (χ3n) is 3.08. The second-order valence-corrected chi connectivity index (χ2v) is 4.21. The van der Waals surface area contributed by atoms with Crippen molar-refractivity contribution in [1.82, 2.24) is 5.32 Å². The summed E-state index contributed by atoms with van der Waals surface area (Å²) in [7, 11) is 1.66. The molecule has 16 heavy (non-hydrogen) atoms. The molecule has 0 amide bonds. The highest BCUT2D eigenvalue weighted by atomic mass is 19.3. The highest BCUT2D eigenvalue weighted by Gasteiger charge is 2.39. The molecule has 3 nitrogen and oxygen atoms in total. The smallest absolute Gasteiger partial charge is 0.323 e. The minimum absolute atomic E-state index is 0.0383. The number of halogens is 2. The number of rotatable bonds is 4. The van der Waals surface area contributed by atoms with Crippen molar-refractivity contribution in [2.24, 2.45) is 5.92 Å². The molecule has 0 heterocycles. The minimum Gasteiger partial charge on any atom is -0.465 e. The maximum Gasteiger partial charge on any atom is 0.323 e. The highest BCUT2D eigenvalue weighted by molar-refractivity contribution is 5.76. The van der Waals surface area contributed by atoms with Crippen molar-refractivity contribution in [2.45, 2.75) is 44.6 Å². The predicted octanol–water partition coefficient (Wildman–Crippen LogP) is 1.96. The molecule has 1 saturated carbocycles. The second-order valence-electron chi connectivity index (χ2n) is 4.21. The van der Waals surface area contributed by atoms with E-state index in [1.54, 1.807) is 14.0 Å². The van der Waals surface area contributed by atoms with Gasteiger partial charge >= 0.3 is 5.97 Å². The Morgan fingerprint density at radius 1 is 1.50 bits per heavy atom. The van der Waals surface area contributed by atoms with E-state index in [1.165, 1.54) is 0 Å². The second kappa shape index (κ2) is 5.57. The van der Waals surface area contributed by atoms with Gasteiger partial charge in [-0.15, -0.1) is 0 Å². The number of carbonyl (C=O) groups is 1. The summed E-state index contributed by atoms with van der Waals surface area (Å²) < 4.78 is 30.8. The number of hydrogen-bond acceptors (Lipinski definition) is 3. The monoisotopic (exact) mass is 235 g/mol. The zero-order valence-corrected chi connectivity index (χ0v) is 9.76. The van der Waals surface area contributed by atoms with E-state index in [1.807, 2.05) is 0 Å². The Morgan fingerprint density at radius 2 is 2.06 bits per heavy atom. The number of likely N-dealkylation sites (N-methyl/N-ethyl adjacent to an activating group) is 1. The molecule has 94 valence electrons. The van der Waals surface area contributed by atoms with Gasteiger partial charge in [-0.25, -0.2) is 8.78 Å². The van der Waals surface area contributed by atoms with Crippen LogP contribution >= 0.6 is 0 Å². The fourth-order valence-corrected chi connectivity index (χ4v) is 2.17. The Hall–Kier alpha value is -0.710. The van der Waals surface area contributed by atoms with Gasteiger partial charge in [-0.2, -0.15) is 0 Å². The Balaban J connectivity index is 2.52. The molecule has 0 radical (unpaired) electrons. The van der Waals surface area contributed by atoms with Gasteiger partial charge in [0.25, 0.3) is 0 Å². The number of nitrogens with one attached hydrogen (secondary N) is 1. The molecular weight excluding hydrogens is 216 g/mol. The van der Waals surface area contributed by atoms with Gasteiger partial charge in [0.1, 0.15) is 6.04 Å². The van der Waals surface area contributed by atoms with Gasteiger partial charge in [0.05, 0.1) is 6.61 Å². The van der Waals surface area contributed by atoms with Crippen LogP contribution in [0.5, 0.6) is 0 Å². The van der Waals surface area contributed by atoms with E-state index in [0.717, 1.165) is 0 Å². The predicted molar refractivity (Wildman–Crippen MR) is 56.4 cm³/mol. The zero-order chi connectivity index (χ0) is 12.2. The maximum absolute atomic E-state index is 13.0. The first-order chi connectivity index (χ1) is 7.50. The van der Waals surface area contributed by atoms with Crippen LogP contribution in [0.1, 0.15) is 32.6 Å². The first-order valence-electron chi connectivity index (χ1n) is 5.72. The van der Waals surface area contributed by atoms with Crippen molar-refractivity contribution < 1.29 is 18.3 Å². The molecule has 5 heteroatoms. The molecule has 0 spiro atoms. The number of esters is 1. The van der Waals surface area contributed by atoms with E-state index in [0.29, 0.717) is 19.4 Å². The lowest BCUT2D eigenvalue weighted by Gasteiger charge is -2.32. The third kappa shape index (κ3) is 3.40. The quantitative estimate of drug-likeness (QED) is 0.757. The van der Waals surface area contributed by atoms with E-state index in [2.05, 4.69) is 5.32 Å². The summed E-state index contributed by atoms with van der Waals surface area (Å²) in [6.07, 6.45) is 0.485. The molecule has 1 aliphatic carbocycles. The van der Waals surface area contributed by atoms with Crippen molar-refractivity contribution in [3.05, 3.63) is 0 Å². The van der Waals surface area contributed by atoms with E-state index in [4.69, 9.17) is 4.74 Å². The molecule has 0 aromatic heterocycles. The van der Waals surface area contributed by atoms with Crippen LogP contribution in [-0.2, 0) is 9.53 Å². The van der Waals surface area contributed by atoms with Crippen molar-refractivity contribution in [3.8, 4) is 0 Å². The maximum atomic E-state index is 13.0. The van der Waals surface area contributed by atoms with Crippen LogP contribution < -0.4 is 5.32 Å². The highest BCUT2D eigenvalue weighted by Crippen LogP contribution is 2.37. The molecule has 1 N–H and O–H groups in total. The fourth-order valence-electron chi connectivity index (χ4n) is 2.17. The van der Waals surface area contributed by atoms with E-state index < -0.39 is 12.0 Å². The molecule has 1 rings (SSSR count). The standard InChI is InChI=1S/C11H19F2NO2/c1-3-16-10(15)9(14-2)8-4-6-11(12,13)7-5-8/h8-9,14H,3-7H2,1-2H3. The zero-order valence-electron chi connectivity index (χ0n) is 9.76. The lowest BCUT2D eigenvalue weighted by atomic mass is 9.82. The van der Waals surface area contributed by atoms with Crippen molar-refractivity contribution >= 4 is 5.97 Å². The number of carbonyl (C=O) groups excluding carboxylic acids is 1. The van der Waals surface area contributed by atoms with E-state index in [9.17, 15) is 13.6 Å². The molecule has 1 unspecified atom stereocenters. The first-order valence-corrected chi connectivity index (χ1v) is 5.72. The summed E-state index contributed by atoms with van der Waals surface area (Å²) in [6.45, 7) is 2.06. The summed E-state index contributed by atoms with van der Waals surface area (Å²) in [5, 5.41) is 2.86. The van der Waals surface area contributed by atoms with Gasteiger partial charge in [-0.3, -0.25) is 4.79 Å².